The van der Waals surface area contributed by atoms with E-state index >= 15 is 0 Å². The summed E-state index contributed by atoms with van der Waals surface area (Å²) in [6, 6.07) is 4.28. The maximum Gasteiger partial charge on any atom is 0.0495 e. The zero-order valence-corrected chi connectivity index (χ0v) is 9.19. The summed E-state index contributed by atoms with van der Waals surface area (Å²) < 4.78 is 5.33. The molecule has 1 saturated heterocycles. The van der Waals surface area contributed by atoms with Gasteiger partial charge in [-0.25, -0.2) is 0 Å². The second-order valence-corrected chi connectivity index (χ2v) is 4.81. The molecule has 0 saturated carbocycles. The van der Waals surface area contributed by atoms with Gasteiger partial charge in [0.05, 0.1) is 0 Å². The average Bonchev–Trinajstić information content (AvgIpc) is 2.86. The first-order valence-electron chi connectivity index (χ1n) is 5.26. The summed E-state index contributed by atoms with van der Waals surface area (Å²) in [5.41, 5.74) is 0. The third kappa shape index (κ3) is 3.08. The second kappa shape index (κ2) is 5.49. The van der Waals surface area contributed by atoms with Crippen molar-refractivity contribution in [1.82, 2.24) is 5.32 Å². The smallest absolute Gasteiger partial charge is 0.0495 e. The first kappa shape index (κ1) is 10.1. The molecule has 0 spiro atoms. The molecule has 78 valence electrons. The Bertz CT molecular complexity index is 242. The minimum atomic E-state index is 0.797. The lowest BCUT2D eigenvalue weighted by molar-refractivity contribution is 0.184. The molecular weight excluding hydrogens is 194 g/mol. The zero-order valence-electron chi connectivity index (χ0n) is 8.37. The molecule has 0 aliphatic carbocycles. The molecule has 1 fully saturated rings. The van der Waals surface area contributed by atoms with Crippen LogP contribution in [0.25, 0.3) is 0 Å². The third-order valence-corrected chi connectivity index (χ3v) is 3.51. The van der Waals surface area contributed by atoms with E-state index in [1.54, 1.807) is 0 Å². The predicted octanol–water partition coefficient (Wildman–Crippen LogP) is 2.26. The molecule has 0 radical (unpaired) electrons. The van der Waals surface area contributed by atoms with Crippen LogP contribution >= 0.6 is 11.3 Å². The highest BCUT2D eigenvalue weighted by Crippen LogP contribution is 2.15. The standard InChI is InChI=1S/C11H17NOS/c1-2-11(14-7-1)8-12-5-3-10-4-6-13-9-10/h1-2,7,10,12H,3-6,8-9H2. The monoisotopic (exact) mass is 211 g/mol. The summed E-state index contributed by atoms with van der Waals surface area (Å²) in [5, 5.41) is 5.60. The normalized spacial score (nSPS) is 21.6. The maximum atomic E-state index is 5.33. The van der Waals surface area contributed by atoms with Crippen LogP contribution < -0.4 is 5.32 Å². The van der Waals surface area contributed by atoms with E-state index in [0.717, 1.165) is 32.2 Å². The van der Waals surface area contributed by atoms with E-state index in [2.05, 4.69) is 22.8 Å². The maximum absolute atomic E-state index is 5.33. The molecule has 1 unspecified atom stereocenters. The lowest BCUT2D eigenvalue weighted by Gasteiger charge is -2.07. The van der Waals surface area contributed by atoms with Crippen molar-refractivity contribution in [3.63, 3.8) is 0 Å². The summed E-state index contributed by atoms with van der Waals surface area (Å²) in [4.78, 5) is 1.42. The lowest BCUT2D eigenvalue weighted by Crippen LogP contribution is -2.17. The Hall–Kier alpha value is -0.380. The first-order chi connectivity index (χ1) is 6.95. The minimum absolute atomic E-state index is 0.797. The predicted molar refractivity (Wildman–Crippen MR) is 59.6 cm³/mol. The van der Waals surface area contributed by atoms with E-state index in [1.807, 2.05) is 11.3 Å². The molecule has 1 aliphatic heterocycles. The Morgan fingerprint density at radius 1 is 1.57 bits per heavy atom. The summed E-state index contributed by atoms with van der Waals surface area (Å²) in [6.07, 6.45) is 2.51. The molecule has 0 amide bonds. The first-order valence-corrected chi connectivity index (χ1v) is 6.14. The molecule has 1 aromatic rings. The van der Waals surface area contributed by atoms with E-state index < -0.39 is 0 Å². The van der Waals surface area contributed by atoms with Gasteiger partial charge in [0.2, 0.25) is 0 Å². The van der Waals surface area contributed by atoms with Crippen LogP contribution in [-0.4, -0.2) is 19.8 Å². The quantitative estimate of drug-likeness (QED) is 0.754. The molecule has 0 aromatic carbocycles. The van der Waals surface area contributed by atoms with E-state index in [9.17, 15) is 0 Å². The number of rotatable bonds is 5. The van der Waals surface area contributed by atoms with Gasteiger partial charge in [-0.2, -0.15) is 0 Å². The highest BCUT2D eigenvalue weighted by Gasteiger charge is 2.14. The average molecular weight is 211 g/mol. The number of hydrogen-bond donors (Lipinski definition) is 1. The third-order valence-electron chi connectivity index (χ3n) is 2.63. The Balaban J connectivity index is 1.55. The van der Waals surface area contributed by atoms with Crippen LogP contribution in [0.5, 0.6) is 0 Å². The molecule has 1 aromatic heterocycles. The zero-order chi connectivity index (χ0) is 9.64. The number of thiophene rings is 1. The van der Waals surface area contributed by atoms with Gasteiger partial charge >= 0.3 is 0 Å². The molecule has 2 nitrogen and oxygen atoms in total. The summed E-state index contributed by atoms with van der Waals surface area (Å²) in [5.74, 6) is 0.797. The van der Waals surface area contributed by atoms with E-state index in [4.69, 9.17) is 4.74 Å². The van der Waals surface area contributed by atoms with Crippen molar-refractivity contribution in [2.45, 2.75) is 19.4 Å². The fourth-order valence-corrected chi connectivity index (χ4v) is 2.42. The van der Waals surface area contributed by atoms with E-state index in [-0.39, 0.29) is 0 Å². The Morgan fingerprint density at radius 2 is 2.57 bits per heavy atom. The molecular formula is C11H17NOS. The molecule has 3 heteroatoms. The second-order valence-electron chi connectivity index (χ2n) is 3.77. The topological polar surface area (TPSA) is 21.3 Å². The lowest BCUT2D eigenvalue weighted by atomic mass is 10.1. The number of nitrogens with one attached hydrogen (secondary N) is 1. The minimum Gasteiger partial charge on any atom is -0.381 e. The molecule has 1 N–H and O–H groups in total. The summed E-state index contributed by atoms with van der Waals surface area (Å²) in [6.45, 7) is 4.08. The number of ether oxygens (including phenoxy) is 1. The van der Waals surface area contributed by atoms with Gasteiger partial charge in [-0.05, 0) is 36.8 Å². The van der Waals surface area contributed by atoms with Crippen LogP contribution in [0.2, 0.25) is 0 Å². The summed E-state index contributed by atoms with van der Waals surface area (Å²) >= 11 is 1.82. The van der Waals surface area contributed by atoms with Gasteiger partial charge in [-0.3, -0.25) is 0 Å². The van der Waals surface area contributed by atoms with Crippen molar-refractivity contribution in [3.05, 3.63) is 22.4 Å². The Morgan fingerprint density at radius 3 is 3.29 bits per heavy atom. The van der Waals surface area contributed by atoms with Crippen LogP contribution in [0.15, 0.2) is 17.5 Å². The number of hydrogen-bond acceptors (Lipinski definition) is 3. The Kier molecular flexibility index (Phi) is 3.98. The fraction of sp³-hybridized carbons (Fsp3) is 0.636. The van der Waals surface area contributed by atoms with Gasteiger partial charge in [0.1, 0.15) is 0 Å². The van der Waals surface area contributed by atoms with Crippen molar-refractivity contribution < 1.29 is 4.74 Å². The van der Waals surface area contributed by atoms with E-state index in [0.29, 0.717) is 0 Å². The van der Waals surface area contributed by atoms with Gasteiger partial charge in [-0.15, -0.1) is 11.3 Å². The molecule has 0 bridgehead atoms. The Labute approximate surface area is 89.3 Å². The van der Waals surface area contributed by atoms with Gasteiger partial charge < -0.3 is 10.1 Å². The fourth-order valence-electron chi connectivity index (χ4n) is 1.74. The molecule has 1 aliphatic rings. The van der Waals surface area contributed by atoms with Crippen LogP contribution in [0.3, 0.4) is 0 Å². The molecule has 14 heavy (non-hydrogen) atoms. The van der Waals surface area contributed by atoms with Gasteiger partial charge in [-0.1, -0.05) is 6.07 Å². The van der Waals surface area contributed by atoms with Crippen molar-refractivity contribution in [2.75, 3.05) is 19.8 Å². The highest BCUT2D eigenvalue weighted by atomic mass is 32.1. The largest absolute Gasteiger partial charge is 0.381 e. The van der Waals surface area contributed by atoms with Crippen molar-refractivity contribution in [3.8, 4) is 0 Å². The molecule has 1 atom stereocenters. The van der Waals surface area contributed by atoms with Crippen LogP contribution in [-0.2, 0) is 11.3 Å². The SMILES string of the molecule is c1csc(CNCCC2CCOC2)c1. The highest BCUT2D eigenvalue weighted by molar-refractivity contribution is 7.09. The van der Waals surface area contributed by atoms with Crippen molar-refractivity contribution in [2.24, 2.45) is 5.92 Å². The van der Waals surface area contributed by atoms with Crippen molar-refractivity contribution in [1.29, 1.82) is 0 Å². The van der Waals surface area contributed by atoms with Crippen LogP contribution in [0.1, 0.15) is 17.7 Å². The van der Waals surface area contributed by atoms with Gasteiger partial charge in [0, 0.05) is 24.6 Å². The van der Waals surface area contributed by atoms with Gasteiger partial charge in [0.15, 0.2) is 0 Å². The summed E-state index contributed by atoms with van der Waals surface area (Å²) in [7, 11) is 0. The van der Waals surface area contributed by atoms with Crippen LogP contribution in [0.4, 0.5) is 0 Å². The molecule has 2 rings (SSSR count). The van der Waals surface area contributed by atoms with Crippen molar-refractivity contribution >= 4 is 11.3 Å². The molecule has 2 heterocycles. The van der Waals surface area contributed by atoms with Gasteiger partial charge in [0.25, 0.3) is 0 Å². The van der Waals surface area contributed by atoms with E-state index in [1.165, 1.54) is 17.7 Å². The van der Waals surface area contributed by atoms with Crippen LogP contribution in [0, 0.1) is 5.92 Å².